The number of hydrogen-bond acceptors (Lipinski definition) is 2. The lowest BCUT2D eigenvalue weighted by Crippen LogP contribution is -2.57. The van der Waals surface area contributed by atoms with Crippen LogP contribution in [0.1, 0.15) is 18.4 Å². The molecule has 120 valence electrons. The highest BCUT2D eigenvalue weighted by Gasteiger charge is 2.34. The Labute approximate surface area is 137 Å². The number of nitrogens with one attached hydrogen (secondary N) is 1. The van der Waals surface area contributed by atoms with Crippen molar-refractivity contribution in [3.8, 4) is 11.1 Å². The SMILES string of the molecule is Cc1ccccc1-c1ccn(C(=O)N[C@H]2CN3CCC2CC3)c1. The molecule has 3 saturated heterocycles. The summed E-state index contributed by atoms with van der Waals surface area (Å²) < 4.78 is 1.68. The van der Waals surface area contributed by atoms with E-state index in [0.717, 1.165) is 12.1 Å². The van der Waals surface area contributed by atoms with Gasteiger partial charge in [-0.1, -0.05) is 24.3 Å². The van der Waals surface area contributed by atoms with Crippen LogP contribution in [-0.4, -0.2) is 41.2 Å². The molecule has 2 aromatic rings. The number of piperidine rings is 3. The van der Waals surface area contributed by atoms with E-state index in [1.165, 1.54) is 37.1 Å². The lowest BCUT2D eigenvalue weighted by Gasteiger charge is -2.44. The van der Waals surface area contributed by atoms with Gasteiger partial charge in [-0.3, -0.25) is 4.57 Å². The van der Waals surface area contributed by atoms with Crippen molar-refractivity contribution in [1.82, 2.24) is 14.8 Å². The highest BCUT2D eigenvalue weighted by molar-refractivity contribution is 5.79. The van der Waals surface area contributed by atoms with E-state index < -0.39 is 0 Å². The van der Waals surface area contributed by atoms with Crippen molar-refractivity contribution in [3.63, 3.8) is 0 Å². The molecule has 1 aromatic heterocycles. The van der Waals surface area contributed by atoms with Crippen molar-refractivity contribution in [3.05, 3.63) is 48.3 Å². The second-order valence-corrected chi connectivity index (χ2v) is 6.82. The summed E-state index contributed by atoms with van der Waals surface area (Å²) in [6.07, 6.45) is 6.22. The van der Waals surface area contributed by atoms with Gasteiger partial charge in [0.1, 0.15) is 0 Å². The van der Waals surface area contributed by atoms with Gasteiger partial charge in [0.2, 0.25) is 0 Å². The van der Waals surface area contributed by atoms with E-state index in [2.05, 4.69) is 29.3 Å². The minimum absolute atomic E-state index is 0.0106. The summed E-state index contributed by atoms with van der Waals surface area (Å²) in [4.78, 5) is 15.0. The second-order valence-electron chi connectivity index (χ2n) is 6.82. The van der Waals surface area contributed by atoms with E-state index in [9.17, 15) is 4.79 Å². The van der Waals surface area contributed by atoms with Crippen molar-refractivity contribution in [1.29, 1.82) is 0 Å². The molecule has 4 heteroatoms. The van der Waals surface area contributed by atoms with Crippen LogP contribution in [0.3, 0.4) is 0 Å². The Morgan fingerprint density at radius 2 is 1.96 bits per heavy atom. The highest BCUT2D eigenvalue weighted by Crippen LogP contribution is 2.28. The Morgan fingerprint density at radius 3 is 2.65 bits per heavy atom. The molecule has 0 aliphatic carbocycles. The van der Waals surface area contributed by atoms with Gasteiger partial charge in [0.25, 0.3) is 0 Å². The van der Waals surface area contributed by atoms with Gasteiger partial charge >= 0.3 is 6.03 Å². The predicted octanol–water partition coefficient (Wildman–Crippen LogP) is 3.12. The zero-order valence-electron chi connectivity index (χ0n) is 13.5. The summed E-state index contributed by atoms with van der Waals surface area (Å²) >= 11 is 0. The maximum absolute atomic E-state index is 12.6. The largest absolute Gasteiger partial charge is 0.333 e. The van der Waals surface area contributed by atoms with Crippen LogP contribution in [0.2, 0.25) is 0 Å². The first-order valence-electron chi connectivity index (χ1n) is 8.48. The van der Waals surface area contributed by atoms with Crippen molar-refractivity contribution in [2.24, 2.45) is 5.92 Å². The third-order valence-corrected chi connectivity index (χ3v) is 5.35. The molecule has 1 atom stereocenters. The van der Waals surface area contributed by atoms with Crippen molar-refractivity contribution in [2.75, 3.05) is 19.6 Å². The van der Waals surface area contributed by atoms with E-state index in [1.54, 1.807) is 4.57 Å². The Morgan fingerprint density at radius 1 is 1.17 bits per heavy atom. The first kappa shape index (κ1) is 14.5. The molecule has 3 aliphatic heterocycles. The molecule has 2 bridgehead atoms. The summed E-state index contributed by atoms with van der Waals surface area (Å²) in [5.74, 6) is 0.648. The number of nitrogens with zero attached hydrogens (tertiary/aromatic N) is 2. The number of carbonyl (C=O) groups is 1. The summed E-state index contributed by atoms with van der Waals surface area (Å²) in [6.45, 7) is 5.48. The fourth-order valence-electron chi connectivity index (χ4n) is 3.94. The highest BCUT2D eigenvalue weighted by atomic mass is 16.2. The minimum Gasteiger partial charge on any atom is -0.333 e. The standard InChI is InChI=1S/C19H23N3O/c1-14-4-2-3-5-17(14)16-8-11-22(12-16)19(23)20-18-13-21-9-6-15(18)7-10-21/h2-5,8,11-12,15,18H,6-7,9-10,13H2,1H3,(H,20,23)/t18-/m0/s1. The fourth-order valence-corrected chi connectivity index (χ4v) is 3.94. The van der Waals surface area contributed by atoms with Gasteiger partial charge in [-0.25, -0.2) is 4.79 Å². The lowest BCUT2D eigenvalue weighted by atomic mass is 9.84. The average Bonchev–Trinajstić information content (AvgIpc) is 3.06. The topological polar surface area (TPSA) is 37.3 Å². The lowest BCUT2D eigenvalue weighted by molar-refractivity contribution is 0.0767. The summed E-state index contributed by atoms with van der Waals surface area (Å²) in [5, 5.41) is 3.23. The zero-order valence-corrected chi connectivity index (χ0v) is 13.5. The number of aryl methyl sites for hydroxylation is 1. The van der Waals surface area contributed by atoms with Crippen molar-refractivity contribution in [2.45, 2.75) is 25.8 Å². The molecule has 0 radical (unpaired) electrons. The molecule has 0 saturated carbocycles. The Balaban J connectivity index is 1.48. The molecule has 0 unspecified atom stereocenters. The number of aromatic nitrogens is 1. The average molecular weight is 309 g/mol. The zero-order chi connectivity index (χ0) is 15.8. The monoisotopic (exact) mass is 309 g/mol. The van der Waals surface area contributed by atoms with E-state index in [-0.39, 0.29) is 6.03 Å². The second kappa shape index (κ2) is 5.85. The molecule has 23 heavy (non-hydrogen) atoms. The third-order valence-electron chi connectivity index (χ3n) is 5.35. The van der Waals surface area contributed by atoms with Gasteiger partial charge in [0.15, 0.2) is 0 Å². The van der Waals surface area contributed by atoms with Crippen LogP contribution in [0.15, 0.2) is 42.7 Å². The van der Waals surface area contributed by atoms with Gasteiger partial charge in [-0.05, 0) is 56.0 Å². The summed E-state index contributed by atoms with van der Waals surface area (Å²) in [6, 6.07) is 10.6. The molecule has 0 spiro atoms. The van der Waals surface area contributed by atoms with Crippen LogP contribution in [0.25, 0.3) is 11.1 Å². The minimum atomic E-state index is -0.0106. The van der Waals surface area contributed by atoms with Crippen molar-refractivity contribution >= 4 is 6.03 Å². The molecule has 3 aliphatic rings. The normalized spacial score (nSPS) is 26.2. The Hall–Kier alpha value is -2.07. The molecule has 3 fully saturated rings. The van der Waals surface area contributed by atoms with Gasteiger partial charge < -0.3 is 10.2 Å². The summed E-state index contributed by atoms with van der Waals surface area (Å²) in [7, 11) is 0. The smallest absolute Gasteiger partial charge is 0.325 e. The molecule has 4 nitrogen and oxygen atoms in total. The maximum atomic E-state index is 12.6. The van der Waals surface area contributed by atoms with E-state index in [1.807, 2.05) is 30.6 Å². The van der Waals surface area contributed by atoms with E-state index in [4.69, 9.17) is 0 Å². The molecule has 5 rings (SSSR count). The van der Waals surface area contributed by atoms with Crippen molar-refractivity contribution < 1.29 is 4.79 Å². The molecular weight excluding hydrogens is 286 g/mol. The van der Waals surface area contributed by atoms with E-state index >= 15 is 0 Å². The number of amides is 1. The maximum Gasteiger partial charge on any atom is 0.325 e. The van der Waals surface area contributed by atoms with E-state index in [0.29, 0.717) is 12.0 Å². The quantitative estimate of drug-likeness (QED) is 0.925. The predicted molar refractivity (Wildman–Crippen MR) is 91.5 cm³/mol. The van der Waals surface area contributed by atoms with Gasteiger partial charge in [0.05, 0.1) is 0 Å². The van der Waals surface area contributed by atoms with Crippen LogP contribution in [0.5, 0.6) is 0 Å². The van der Waals surface area contributed by atoms with Crippen LogP contribution in [0.4, 0.5) is 4.79 Å². The first-order valence-corrected chi connectivity index (χ1v) is 8.48. The first-order chi connectivity index (χ1) is 11.2. The van der Waals surface area contributed by atoms with Crippen LogP contribution >= 0.6 is 0 Å². The number of benzene rings is 1. The van der Waals surface area contributed by atoms with Gasteiger partial charge in [-0.15, -0.1) is 0 Å². The molecule has 1 N–H and O–H groups in total. The fraction of sp³-hybridized carbons (Fsp3) is 0.421. The molecule has 1 amide bonds. The van der Waals surface area contributed by atoms with Crippen LogP contribution in [-0.2, 0) is 0 Å². The van der Waals surface area contributed by atoms with Crippen LogP contribution in [0, 0.1) is 12.8 Å². The number of fused-ring (bicyclic) bond motifs is 3. The third kappa shape index (κ3) is 2.79. The van der Waals surface area contributed by atoms with Crippen LogP contribution < -0.4 is 5.32 Å². The Bertz CT molecular complexity index is 713. The summed E-state index contributed by atoms with van der Waals surface area (Å²) in [5.41, 5.74) is 3.50. The molecule has 1 aromatic carbocycles. The number of carbonyl (C=O) groups excluding carboxylic acids is 1. The van der Waals surface area contributed by atoms with Gasteiger partial charge in [0, 0.05) is 30.5 Å². The number of rotatable bonds is 2. The molecular formula is C19H23N3O. The number of hydrogen-bond donors (Lipinski definition) is 1. The molecule has 4 heterocycles. The Kier molecular flexibility index (Phi) is 3.69. The van der Waals surface area contributed by atoms with Gasteiger partial charge in [-0.2, -0.15) is 0 Å².